The quantitative estimate of drug-likeness (QED) is 0.666. The summed E-state index contributed by atoms with van der Waals surface area (Å²) in [6.07, 6.45) is 0.193. The van der Waals surface area contributed by atoms with Crippen molar-refractivity contribution in [2.24, 2.45) is 0 Å². The highest BCUT2D eigenvalue weighted by Gasteiger charge is 2.08. The van der Waals surface area contributed by atoms with E-state index in [0.29, 0.717) is 0 Å². The van der Waals surface area contributed by atoms with Crippen LogP contribution in [0.25, 0.3) is 0 Å². The summed E-state index contributed by atoms with van der Waals surface area (Å²) < 4.78 is 0. The van der Waals surface area contributed by atoms with Gasteiger partial charge in [0.2, 0.25) is 11.8 Å². The summed E-state index contributed by atoms with van der Waals surface area (Å²) in [5, 5.41) is 13.0. The number of hydrogen-bond acceptors (Lipinski definition) is 3. The monoisotopic (exact) mass is 264 g/mol. The van der Waals surface area contributed by atoms with E-state index in [-0.39, 0.29) is 18.9 Å². The van der Waals surface area contributed by atoms with Crippen molar-refractivity contribution >= 4 is 17.8 Å². The number of benzene rings is 1. The van der Waals surface area contributed by atoms with E-state index in [1.54, 1.807) is 0 Å². The number of carboxylic acids is 1. The van der Waals surface area contributed by atoms with Crippen molar-refractivity contribution in [3.63, 3.8) is 0 Å². The molecule has 102 valence electrons. The van der Waals surface area contributed by atoms with Gasteiger partial charge in [0.15, 0.2) is 0 Å². The Kier molecular flexibility index (Phi) is 5.53. The zero-order valence-corrected chi connectivity index (χ0v) is 10.6. The van der Waals surface area contributed by atoms with Gasteiger partial charge in [-0.05, 0) is 18.1 Å². The summed E-state index contributed by atoms with van der Waals surface area (Å²) in [6, 6.07) is 7.48. The first-order valence-corrected chi connectivity index (χ1v) is 5.78. The van der Waals surface area contributed by atoms with Gasteiger partial charge in [-0.15, -0.1) is 0 Å². The summed E-state index contributed by atoms with van der Waals surface area (Å²) in [6.45, 7) is 1.23. The van der Waals surface area contributed by atoms with Crippen LogP contribution in [0.1, 0.15) is 11.1 Å². The summed E-state index contributed by atoms with van der Waals surface area (Å²) in [7, 11) is 0. The fourth-order valence-corrected chi connectivity index (χ4v) is 1.46. The minimum absolute atomic E-state index is 0.193. The maximum Gasteiger partial charge on any atom is 0.322 e. The van der Waals surface area contributed by atoms with Crippen molar-refractivity contribution in [3.8, 4) is 0 Å². The molecule has 1 aromatic rings. The van der Waals surface area contributed by atoms with Gasteiger partial charge >= 0.3 is 5.97 Å². The SMILES string of the molecule is Cc1ccccc1CC(=O)NCC(=O)NCC(=O)O. The maximum atomic E-state index is 11.6. The summed E-state index contributed by atoms with van der Waals surface area (Å²) in [4.78, 5) is 33.0. The fraction of sp³-hybridized carbons (Fsp3) is 0.308. The molecule has 6 heteroatoms. The predicted molar refractivity (Wildman–Crippen MR) is 68.5 cm³/mol. The molecule has 0 saturated heterocycles. The Hall–Kier alpha value is -2.37. The van der Waals surface area contributed by atoms with E-state index >= 15 is 0 Å². The van der Waals surface area contributed by atoms with E-state index in [4.69, 9.17) is 5.11 Å². The lowest BCUT2D eigenvalue weighted by Crippen LogP contribution is -2.39. The first-order chi connectivity index (χ1) is 8.99. The van der Waals surface area contributed by atoms with Gasteiger partial charge in [0.25, 0.3) is 0 Å². The number of carboxylic acid groups (broad SMARTS) is 1. The minimum atomic E-state index is -1.13. The number of amides is 2. The number of hydrogen-bond donors (Lipinski definition) is 3. The summed E-state index contributed by atoms with van der Waals surface area (Å²) in [5.74, 6) is -1.93. The molecule has 0 heterocycles. The molecule has 0 spiro atoms. The molecule has 1 rings (SSSR count). The lowest BCUT2D eigenvalue weighted by atomic mass is 10.1. The van der Waals surface area contributed by atoms with E-state index in [2.05, 4.69) is 10.6 Å². The molecule has 0 bridgehead atoms. The zero-order valence-electron chi connectivity index (χ0n) is 10.6. The number of carbonyl (C=O) groups is 3. The Bertz CT molecular complexity index is 485. The first-order valence-electron chi connectivity index (χ1n) is 5.78. The van der Waals surface area contributed by atoms with Gasteiger partial charge in [0.1, 0.15) is 6.54 Å². The first kappa shape index (κ1) is 14.7. The third-order valence-electron chi connectivity index (χ3n) is 2.50. The molecule has 0 fully saturated rings. The third kappa shape index (κ3) is 5.67. The van der Waals surface area contributed by atoms with Crippen LogP contribution in [-0.2, 0) is 20.8 Å². The zero-order chi connectivity index (χ0) is 14.3. The van der Waals surface area contributed by atoms with Crippen LogP contribution in [0.15, 0.2) is 24.3 Å². The molecule has 0 radical (unpaired) electrons. The van der Waals surface area contributed by atoms with E-state index in [9.17, 15) is 14.4 Å². The van der Waals surface area contributed by atoms with Crippen LogP contribution in [0.2, 0.25) is 0 Å². The Balaban J connectivity index is 2.34. The van der Waals surface area contributed by atoms with Crippen LogP contribution in [0, 0.1) is 6.92 Å². The molecule has 0 aliphatic carbocycles. The van der Waals surface area contributed by atoms with Gasteiger partial charge in [0, 0.05) is 0 Å². The van der Waals surface area contributed by atoms with Crippen molar-refractivity contribution in [1.29, 1.82) is 0 Å². The minimum Gasteiger partial charge on any atom is -0.480 e. The normalized spacial score (nSPS) is 9.74. The van der Waals surface area contributed by atoms with Gasteiger partial charge in [-0.1, -0.05) is 24.3 Å². The van der Waals surface area contributed by atoms with E-state index in [1.807, 2.05) is 31.2 Å². The topological polar surface area (TPSA) is 95.5 Å². The largest absolute Gasteiger partial charge is 0.480 e. The van der Waals surface area contributed by atoms with Gasteiger partial charge in [-0.25, -0.2) is 0 Å². The molecular formula is C13H16N2O4. The lowest BCUT2D eigenvalue weighted by molar-refractivity contribution is -0.137. The molecule has 0 aromatic heterocycles. The number of rotatable bonds is 6. The number of aryl methyl sites for hydroxylation is 1. The van der Waals surface area contributed by atoms with Gasteiger partial charge in [-0.3, -0.25) is 14.4 Å². The van der Waals surface area contributed by atoms with Crippen LogP contribution in [0.4, 0.5) is 0 Å². The molecule has 0 atom stereocenters. The van der Waals surface area contributed by atoms with Crippen LogP contribution in [-0.4, -0.2) is 36.0 Å². The fourth-order valence-electron chi connectivity index (χ4n) is 1.46. The van der Waals surface area contributed by atoms with Gasteiger partial charge in [0.05, 0.1) is 13.0 Å². The second kappa shape index (κ2) is 7.15. The molecule has 0 aliphatic heterocycles. The van der Waals surface area contributed by atoms with E-state index in [1.165, 1.54) is 0 Å². The third-order valence-corrected chi connectivity index (χ3v) is 2.50. The van der Waals surface area contributed by atoms with Gasteiger partial charge < -0.3 is 15.7 Å². The molecule has 0 saturated carbocycles. The second-order valence-electron chi connectivity index (χ2n) is 4.05. The Labute approximate surface area is 110 Å². The second-order valence-corrected chi connectivity index (χ2v) is 4.05. The number of aliphatic carboxylic acids is 1. The molecule has 1 aromatic carbocycles. The standard InChI is InChI=1S/C13H16N2O4/c1-9-4-2-3-5-10(9)6-11(16)14-7-12(17)15-8-13(18)19/h2-5H,6-8H2,1H3,(H,14,16)(H,15,17)(H,18,19). The van der Waals surface area contributed by atoms with Crippen molar-refractivity contribution in [3.05, 3.63) is 35.4 Å². The number of nitrogens with one attached hydrogen (secondary N) is 2. The van der Waals surface area contributed by atoms with Crippen LogP contribution >= 0.6 is 0 Å². The Morgan fingerprint density at radius 2 is 1.68 bits per heavy atom. The molecule has 19 heavy (non-hydrogen) atoms. The highest BCUT2D eigenvalue weighted by Crippen LogP contribution is 2.07. The van der Waals surface area contributed by atoms with Gasteiger partial charge in [-0.2, -0.15) is 0 Å². The average molecular weight is 264 g/mol. The van der Waals surface area contributed by atoms with E-state index < -0.39 is 18.4 Å². The Morgan fingerprint density at radius 1 is 1.05 bits per heavy atom. The number of carbonyl (C=O) groups excluding carboxylic acids is 2. The maximum absolute atomic E-state index is 11.6. The molecule has 0 aliphatic rings. The molecular weight excluding hydrogens is 248 g/mol. The molecule has 2 amide bonds. The summed E-state index contributed by atoms with van der Waals surface area (Å²) in [5.41, 5.74) is 1.90. The predicted octanol–water partition coefficient (Wildman–Crippen LogP) is -0.145. The highest BCUT2D eigenvalue weighted by molar-refractivity contribution is 5.87. The van der Waals surface area contributed by atoms with Crippen molar-refractivity contribution < 1.29 is 19.5 Å². The van der Waals surface area contributed by atoms with Crippen LogP contribution < -0.4 is 10.6 Å². The van der Waals surface area contributed by atoms with E-state index in [0.717, 1.165) is 11.1 Å². The highest BCUT2D eigenvalue weighted by atomic mass is 16.4. The van der Waals surface area contributed by atoms with Crippen molar-refractivity contribution in [2.75, 3.05) is 13.1 Å². The molecule has 0 unspecified atom stereocenters. The lowest BCUT2D eigenvalue weighted by Gasteiger charge is -2.07. The van der Waals surface area contributed by atoms with Crippen LogP contribution in [0.3, 0.4) is 0 Å². The smallest absolute Gasteiger partial charge is 0.322 e. The molecule has 3 N–H and O–H groups in total. The molecule has 6 nitrogen and oxygen atoms in total. The summed E-state index contributed by atoms with van der Waals surface area (Å²) >= 11 is 0. The van der Waals surface area contributed by atoms with Crippen molar-refractivity contribution in [2.45, 2.75) is 13.3 Å². The van der Waals surface area contributed by atoms with Crippen LogP contribution in [0.5, 0.6) is 0 Å². The average Bonchev–Trinajstić information content (AvgIpc) is 2.36. The Morgan fingerprint density at radius 3 is 2.32 bits per heavy atom. The van der Waals surface area contributed by atoms with Crippen molar-refractivity contribution in [1.82, 2.24) is 10.6 Å².